The second-order valence-corrected chi connectivity index (χ2v) is 11.5. The van der Waals surface area contributed by atoms with E-state index in [1.165, 1.54) is 6.08 Å². The van der Waals surface area contributed by atoms with Crippen LogP contribution in [0.25, 0.3) is 10.9 Å². The highest BCUT2D eigenvalue weighted by atomic mass is 32.2. The summed E-state index contributed by atoms with van der Waals surface area (Å²) in [6, 6.07) is 12.9. The Morgan fingerprint density at radius 2 is 1.76 bits per heavy atom. The van der Waals surface area contributed by atoms with Crippen LogP contribution < -0.4 is 5.73 Å². The summed E-state index contributed by atoms with van der Waals surface area (Å²) in [4.78, 5) is 23.8. The topological polar surface area (TPSA) is 109 Å². The van der Waals surface area contributed by atoms with Crippen LogP contribution in [0.3, 0.4) is 0 Å². The number of amides is 1. The number of nitrogens with zero attached hydrogens (tertiary/aromatic N) is 4. The molecule has 2 aliphatic heterocycles. The van der Waals surface area contributed by atoms with E-state index in [1.807, 2.05) is 30.3 Å². The number of aromatic nitrogens is 2. The van der Waals surface area contributed by atoms with Gasteiger partial charge in [0.1, 0.15) is 5.69 Å². The van der Waals surface area contributed by atoms with E-state index in [0.717, 1.165) is 15.4 Å². The van der Waals surface area contributed by atoms with Crippen molar-refractivity contribution in [2.24, 2.45) is 0 Å². The van der Waals surface area contributed by atoms with E-state index in [0.29, 0.717) is 36.0 Å². The number of hydrogen-bond acceptors (Lipinski definition) is 6. The molecule has 3 aromatic rings. The van der Waals surface area contributed by atoms with Crippen LogP contribution in [0.2, 0.25) is 0 Å². The summed E-state index contributed by atoms with van der Waals surface area (Å²) >= 11 is 0. The van der Waals surface area contributed by atoms with Crippen LogP contribution >= 0.6 is 0 Å². The van der Waals surface area contributed by atoms with Gasteiger partial charge in [-0.2, -0.15) is 4.31 Å². The van der Waals surface area contributed by atoms with Crippen LogP contribution in [0, 0.1) is 0 Å². The van der Waals surface area contributed by atoms with Crippen LogP contribution in [-0.2, 0) is 23.1 Å². The smallest absolute Gasteiger partial charge is 0.275 e. The fourth-order valence-electron chi connectivity index (χ4n) is 5.13. The predicted octanol–water partition coefficient (Wildman–Crippen LogP) is 3.58. The van der Waals surface area contributed by atoms with Gasteiger partial charge in [0.15, 0.2) is 0 Å². The van der Waals surface area contributed by atoms with Crippen molar-refractivity contribution in [2.45, 2.75) is 31.4 Å². The number of hydrogen-bond donors (Lipinski definition) is 1. The number of fused-ring (bicyclic) bond motifs is 2. The minimum absolute atomic E-state index is 0.0391. The zero-order valence-corrected chi connectivity index (χ0v) is 20.5. The van der Waals surface area contributed by atoms with Gasteiger partial charge in [0.25, 0.3) is 11.8 Å². The largest absolute Gasteiger partial charge is 0.368 e. The van der Waals surface area contributed by atoms with Crippen molar-refractivity contribution in [1.82, 2.24) is 19.2 Å². The molecule has 0 bridgehead atoms. The average Bonchev–Trinajstić information content (AvgIpc) is 3.30. The number of alkyl halides is 2. The maximum absolute atomic E-state index is 13.6. The van der Waals surface area contributed by atoms with Crippen molar-refractivity contribution in [3.05, 3.63) is 88.0 Å². The van der Waals surface area contributed by atoms with Gasteiger partial charge in [-0.1, -0.05) is 42.5 Å². The molecule has 1 amide bonds. The Hall–Kier alpha value is -3.70. The Kier molecular flexibility index (Phi) is 5.39. The van der Waals surface area contributed by atoms with Gasteiger partial charge in [0.05, 0.1) is 23.5 Å². The number of nitrogens with two attached hydrogens (primary N) is 1. The molecule has 0 saturated carbocycles. The monoisotopic (exact) mass is 523 g/mol. The van der Waals surface area contributed by atoms with Gasteiger partial charge < -0.3 is 10.6 Å². The third-order valence-electron chi connectivity index (χ3n) is 7.03. The first-order chi connectivity index (χ1) is 17.6. The molecule has 190 valence electrons. The summed E-state index contributed by atoms with van der Waals surface area (Å²) in [5.74, 6) is -3.96. The molecule has 11 heteroatoms. The van der Waals surface area contributed by atoms with Crippen molar-refractivity contribution in [3.63, 3.8) is 0 Å². The molecular weight excluding hydrogens is 500 g/mol. The molecule has 6 rings (SSSR count). The summed E-state index contributed by atoms with van der Waals surface area (Å²) in [7, 11) is -4.09. The number of carbonyl (C=O) groups excluding carboxylic acids is 1. The molecule has 1 unspecified atom stereocenters. The molecule has 3 aliphatic rings. The molecule has 1 fully saturated rings. The lowest BCUT2D eigenvalue weighted by Gasteiger charge is -2.39. The lowest BCUT2D eigenvalue weighted by atomic mass is 9.91. The van der Waals surface area contributed by atoms with E-state index in [2.05, 4.69) is 9.97 Å². The first-order valence-electron chi connectivity index (χ1n) is 11.8. The van der Waals surface area contributed by atoms with Gasteiger partial charge >= 0.3 is 0 Å². The third-order valence-corrected chi connectivity index (χ3v) is 8.99. The molecule has 0 radical (unpaired) electrons. The molecule has 37 heavy (non-hydrogen) atoms. The highest BCUT2D eigenvalue weighted by Crippen LogP contribution is 2.40. The maximum atomic E-state index is 13.6. The number of benzene rings is 2. The van der Waals surface area contributed by atoms with E-state index in [4.69, 9.17) is 5.73 Å². The number of sulfonamides is 1. The predicted molar refractivity (Wildman–Crippen MR) is 134 cm³/mol. The Bertz CT molecular complexity index is 1590. The number of carbonyl (C=O) groups is 1. The molecule has 8 nitrogen and oxygen atoms in total. The minimum Gasteiger partial charge on any atom is -0.368 e. The van der Waals surface area contributed by atoms with E-state index >= 15 is 0 Å². The lowest BCUT2D eigenvalue weighted by Crippen LogP contribution is -2.58. The summed E-state index contributed by atoms with van der Waals surface area (Å²) in [5, 5.41) is 0.453. The number of halogens is 2. The zero-order chi connectivity index (χ0) is 25.9. The SMILES string of the molecule is Nc1nc(C(=O)N2Cc3ccccc3C2)c2cc(C3CC=CC=C3S(=O)(=O)N3CC(F)(F)C3)ccc2n1. The highest BCUT2D eigenvalue weighted by molar-refractivity contribution is 7.93. The molecule has 1 aromatic heterocycles. The molecule has 1 atom stereocenters. The normalized spacial score (nSPS) is 21.0. The molecule has 2 aromatic carbocycles. The van der Waals surface area contributed by atoms with Crippen LogP contribution in [-0.4, -0.2) is 52.5 Å². The van der Waals surface area contributed by atoms with Crippen molar-refractivity contribution in [3.8, 4) is 0 Å². The third kappa shape index (κ3) is 4.08. The second-order valence-electron chi connectivity index (χ2n) is 9.55. The summed E-state index contributed by atoms with van der Waals surface area (Å²) < 4.78 is 54.1. The first kappa shape index (κ1) is 23.7. The summed E-state index contributed by atoms with van der Waals surface area (Å²) in [5.41, 5.74) is 9.26. The average molecular weight is 524 g/mol. The van der Waals surface area contributed by atoms with E-state index in [-0.39, 0.29) is 22.5 Å². The van der Waals surface area contributed by atoms with Gasteiger partial charge in [-0.05, 0) is 41.3 Å². The molecule has 2 N–H and O–H groups in total. The standard InChI is InChI=1S/C26H23F2N5O3S/c27-26(28)14-33(15-26)37(35,36)22-8-4-3-7-19(22)16-9-10-21-20(11-16)23(31-25(29)30-21)24(34)32-12-17-5-1-2-6-18(17)13-32/h1-6,8-11,19H,7,12-15H2,(H2,29,30,31). The number of allylic oxidation sites excluding steroid dienone is 4. The van der Waals surface area contributed by atoms with Crippen molar-refractivity contribution < 1.29 is 22.0 Å². The lowest BCUT2D eigenvalue weighted by molar-refractivity contribution is -0.0942. The Labute approximate surface area is 212 Å². The van der Waals surface area contributed by atoms with E-state index in [9.17, 15) is 22.0 Å². The molecule has 1 saturated heterocycles. The fraction of sp³-hybridized carbons (Fsp3) is 0.269. The fourth-order valence-corrected chi connectivity index (χ4v) is 6.99. The van der Waals surface area contributed by atoms with Crippen molar-refractivity contribution in [2.75, 3.05) is 18.8 Å². The summed E-state index contributed by atoms with van der Waals surface area (Å²) in [6.07, 6.45) is 5.26. The van der Waals surface area contributed by atoms with Gasteiger partial charge in [0.2, 0.25) is 16.0 Å². The number of anilines is 1. The van der Waals surface area contributed by atoms with E-state index in [1.54, 1.807) is 29.2 Å². The van der Waals surface area contributed by atoms with Crippen LogP contribution in [0.15, 0.2) is 65.6 Å². The zero-order valence-electron chi connectivity index (χ0n) is 19.6. The van der Waals surface area contributed by atoms with Crippen molar-refractivity contribution in [1.29, 1.82) is 0 Å². The first-order valence-corrected chi connectivity index (χ1v) is 13.2. The Balaban J connectivity index is 1.37. The van der Waals surface area contributed by atoms with Gasteiger partial charge in [-0.3, -0.25) is 4.79 Å². The molecular formula is C26H23F2N5O3S. The molecule has 1 aliphatic carbocycles. The van der Waals surface area contributed by atoms with Crippen LogP contribution in [0.4, 0.5) is 14.7 Å². The van der Waals surface area contributed by atoms with Crippen molar-refractivity contribution >= 4 is 32.8 Å². The quantitative estimate of drug-likeness (QED) is 0.560. The molecule has 0 spiro atoms. The number of nitrogen functional groups attached to an aromatic ring is 1. The van der Waals surface area contributed by atoms with Crippen LogP contribution in [0.1, 0.15) is 39.5 Å². The van der Waals surface area contributed by atoms with E-state index < -0.39 is 35.0 Å². The molecule has 3 heterocycles. The van der Waals surface area contributed by atoms with Gasteiger partial charge in [-0.15, -0.1) is 0 Å². The summed E-state index contributed by atoms with van der Waals surface area (Å²) in [6.45, 7) is -0.770. The Morgan fingerprint density at radius 1 is 1.05 bits per heavy atom. The van der Waals surface area contributed by atoms with Gasteiger partial charge in [-0.25, -0.2) is 27.2 Å². The van der Waals surface area contributed by atoms with Gasteiger partial charge in [0, 0.05) is 24.4 Å². The Morgan fingerprint density at radius 3 is 2.43 bits per heavy atom. The maximum Gasteiger partial charge on any atom is 0.275 e. The minimum atomic E-state index is -4.09. The highest BCUT2D eigenvalue weighted by Gasteiger charge is 2.51. The van der Waals surface area contributed by atoms with Crippen LogP contribution in [0.5, 0.6) is 0 Å². The number of rotatable bonds is 4. The second kappa shape index (κ2) is 8.42.